The molecule has 0 atom stereocenters. The van der Waals surface area contributed by atoms with Gasteiger partial charge in [0.15, 0.2) is 0 Å². The molecule has 2 heterocycles. The van der Waals surface area contributed by atoms with Crippen molar-refractivity contribution in [1.82, 2.24) is 9.88 Å². The molecule has 0 unspecified atom stereocenters. The van der Waals surface area contributed by atoms with Crippen LogP contribution in [-0.2, 0) is 0 Å². The maximum atomic E-state index is 5.88. The van der Waals surface area contributed by atoms with Gasteiger partial charge in [-0.3, -0.25) is 0 Å². The zero-order valence-electron chi connectivity index (χ0n) is 11.5. The Morgan fingerprint density at radius 2 is 1.90 bits per heavy atom. The summed E-state index contributed by atoms with van der Waals surface area (Å²) in [5, 5.41) is 1.03. The van der Waals surface area contributed by atoms with E-state index in [-0.39, 0.29) is 0 Å². The first-order valence-corrected chi connectivity index (χ1v) is 7.19. The Balaban J connectivity index is 2.06. The molecule has 1 aromatic heterocycles. The molecule has 2 N–H and O–H groups in total. The van der Waals surface area contributed by atoms with E-state index < -0.39 is 0 Å². The highest BCUT2D eigenvalue weighted by atomic mass is 32.1. The lowest BCUT2D eigenvalue weighted by Gasteiger charge is -2.33. The molecular formula is C15H18N4S. The Kier molecular flexibility index (Phi) is 3.54. The van der Waals surface area contributed by atoms with Gasteiger partial charge in [0.1, 0.15) is 10.8 Å². The molecule has 0 radical (unpaired) electrons. The van der Waals surface area contributed by atoms with Crippen molar-refractivity contribution in [2.24, 2.45) is 5.73 Å². The molecule has 104 valence electrons. The molecule has 1 saturated heterocycles. The van der Waals surface area contributed by atoms with Gasteiger partial charge in [-0.2, -0.15) is 0 Å². The van der Waals surface area contributed by atoms with Gasteiger partial charge in [0.2, 0.25) is 0 Å². The van der Waals surface area contributed by atoms with Gasteiger partial charge in [-0.05, 0) is 19.2 Å². The molecule has 5 heteroatoms. The van der Waals surface area contributed by atoms with Crippen LogP contribution < -0.4 is 10.6 Å². The number of anilines is 1. The number of pyridine rings is 1. The third-order valence-corrected chi connectivity index (χ3v) is 4.02. The Labute approximate surface area is 124 Å². The molecule has 3 rings (SSSR count). The van der Waals surface area contributed by atoms with Crippen LogP contribution in [0.5, 0.6) is 0 Å². The van der Waals surface area contributed by atoms with Crippen molar-refractivity contribution >= 4 is 33.9 Å². The summed E-state index contributed by atoms with van der Waals surface area (Å²) in [7, 11) is 2.14. The van der Waals surface area contributed by atoms with E-state index in [1.54, 1.807) is 0 Å². The summed E-state index contributed by atoms with van der Waals surface area (Å²) in [6.45, 7) is 4.07. The van der Waals surface area contributed by atoms with Gasteiger partial charge >= 0.3 is 0 Å². The minimum atomic E-state index is 0.430. The number of para-hydroxylation sites is 1. The van der Waals surface area contributed by atoms with Crippen molar-refractivity contribution in [2.45, 2.75) is 0 Å². The number of hydrogen-bond acceptors (Lipinski definition) is 4. The van der Waals surface area contributed by atoms with Crippen molar-refractivity contribution < 1.29 is 0 Å². The monoisotopic (exact) mass is 286 g/mol. The Hall–Kier alpha value is -1.72. The van der Waals surface area contributed by atoms with Crippen molar-refractivity contribution in [2.75, 3.05) is 38.1 Å². The smallest absolute Gasteiger partial charge is 0.130 e. The van der Waals surface area contributed by atoms with Crippen molar-refractivity contribution in [1.29, 1.82) is 0 Å². The second-order valence-electron chi connectivity index (χ2n) is 5.20. The van der Waals surface area contributed by atoms with E-state index in [0.717, 1.165) is 48.5 Å². The summed E-state index contributed by atoms with van der Waals surface area (Å²) in [6, 6.07) is 10.0. The first-order valence-electron chi connectivity index (χ1n) is 6.78. The lowest BCUT2D eigenvalue weighted by molar-refractivity contribution is 0.312. The second-order valence-corrected chi connectivity index (χ2v) is 5.64. The van der Waals surface area contributed by atoms with Crippen LogP contribution in [0.25, 0.3) is 10.9 Å². The maximum Gasteiger partial charge on any atom is 0.130 e. The minimum Gasteiger partial charge on any atom is -0.389 e. The van der Waals surface area contributed by atoms with Crippen LogP contribution in [0.3, 0.4) is 0 Å². The highest BCUT2D eigenvalue weighted by Gasteiger charge is 2.17. The molecule has 1 aromatic carbocycles. The SMILES string of the molecule is CN1CCN(c2cc(C(N)=S)c3ccccc3n2)CC1. The normalized spacial score (nSPS) is 16.6. The van der Waals surface area contributed by atoms with Crippen LogP contribution >= 0.6 is 12.2 Å². The van der Waals surface area contributed by atoms with Crippen molar-refractivity contribution in [3.05, 3.63) is 35.9 Å². The third-order valence-electron chi connectivity index (χ3n) is 3.80. The predicted octanol–water partition coefficient (Wildman–Crippen LogP) is 1.62. The maximum absolute atomic E-state index is 5.88. The first kappa shape index (κ1) is 13.3. The van der Waals surface area contributed by atoms with Gasteiger partial charge in [-0.15, -0.1) is 0 Å². The Bertz CT molecular complexity index is 647. The summed E-state index contributed by atoms with van der Waals surface area (Å²) in [6.07, 6.45) is 0. The highest BCUT2D eigenvalue weighted by Crippen LogP contribution is 2.23. The Morgan fingerprint density at radius 1 is 1.20 bits per heavy atom. The number of rotatable bonds is 2. The van der Waals surface area contributed by atoms with E-state index in [0.29, 0.717) is 4.99 Å². The van der Waals surface area contributed by atoms with E-state index in [2.05, 4.69) is 16.8 Å². The fraction of sp³-hybridized carbons (Fsp3) is 0.333. The molecule has 0 spiro atoms. The van der Waals surface area contributed by atoms with Crippen LogP contribution in [0.4, 0.5) is 5.82 Å². The van der Waals surface area contributed by atoms with E-state index in [1.807, 2.05) is 30.3 Å². The van der Waals surface area contributed by atoms with Gasteiger partial charge < -0.3 is 15.5 Å². The Morgan fingerprint density at radius 3 is 2.60 bits per heavy atom. The zero-order chi connectivity index (χ0) is 14.1. The number of aromatic nitrogens is 1. The quantitative estimate of drug-likeness (QED) is 0.850. The number of benzene rings is 1. The van der Waals surface area contributed by atoms with Gasteiger partial charge in [0.05, 0.1) is 5.52 Å². The molecule has 1 aliphatic heterocycles. The average Bonchev–Trinajstić information content (AvgIpc) is 2.46. The van der Waals surface area contributed by atoms with Crippen molar-refractivity contribution in [3.8, 4) is 0 Å². The molecule has 0 aliphatic carbocycles. The number of hydrogen-bond donors (Lipinski definition) is 1. The lowest BCUT2D eigenvalue weighted by atomic mass is 10.1. The summed E-state index contributed by atoms with van der Waals surface area (Å²) >= 11 is 5.19. The first-order chi connectivity index (χ1) is 9.65. The fourth-order valence-corrected chi connectivity index (χ4v) is 2.73. The lowest BCUT2D eigenvalue weighted by Crippen LogP contribution is -2.44. The number of thiocarbonyl (C=S) groups is 1. The number of likely N-dealkylation sites (N-methyl/N-ethyl adjacent to an activating group) is 1. The molecule has 0 amide bonds. The molecule has 0 saturated carbocycles. The molecule has 0 bridgehead atoms. The van der Waals surface area contributed by atoms with Crippen LogP contribution in [0, 0.1) is 0 Å². The van der Waals surface area contributed by atoms with Gasteiger partial charge in [0, 0.05) is 37.1 Å². The summed E-state index contributed by atoms with van der Waals surface area (Å²) in [4.78, 5) is 9.81. The van der Waals surface area contributed by atoms with E-state index in [9.17, 15) is 0 Å². The molecule has 2 aromatic rings. The van der Waals surface area contributed by atoms with Crippen LogP contribution in [-0.4, -0.2) is 48.1 Å². The summed E-state index contributed by atoms with van der Waals surface area (Å²) in [5.41, 5.74) is 7.74. The van der Waals surface area contributed by atoms with Gasteiger partial charge in [-0.1, -0.05) is 30.4 Å². The number of nitrogens with two attached hydrogens (primary N) is 1. The van der Waals surface area contributed by atoms with Gasteiger partial charge in [0.25, 0.3) is 0 Å². The van der Waals surface area contributed by atoms with E-state index >= 15 is 0 Å². The van der Waals surface area contributed by atoms with E-state index in [1.165, 1.54) is 0 Å². The third kappa shape index (κ3) is 2.46. The predicted molar refractivity (Wildman–Crippen MR) is 87.3 cm³/mol. The molecule has 20 heavy (non-hydrogen) atoms. The zero-order valence-corrected chi connectivity index (χ0v) is 12.4. The fourth-order valence-electron chi connectivity index (χ4n) is 2.56. The topological polar surface area (TPSA) is 45.4 Å². The average molecular weight is 286 g/mol. The summed E-state index contributed by atoms with van der Waals surface area (Å²) < 4.78 is 0. The number of nitrogens with zero attached hydrogens (tertiary/aromatic N) is 3. The second kappa shape index (κ2) is 5.34. The minimum absolute atomic E-state index is 0.430. The van der Waals surface area contributed by atoms with Gasteiger partial charge in [-0.25, -0.2) is 4.98 Å². The van der Waals surface area contributed by atoms with Crippen molar-refractivity contribution in [3.63, 3.8) is 0 Å². The molecule has 1 fully saturated rings. The largest absolute Gasteiger partial charge is 0.389 e. The molecule has 4 nitrogen and oxygen atoms in total. The highest BCUT2D eigenvalue weighted by molar-refractivity contribution is 7.80. The standard InChI is InChI=1S/C15H18N4S/c1-18-6-8-19(9-7-18)14-10-12(15(16)20)11-4-2-3-5-13(11)17-14/h2-5,10H,6-9H2,1H3,(H2,16,20). The number of piperazine rings is 1. The summed E-state index contributed by atoms with van der Waals surface area (Å²) in [5.74, 6) is 0.972. The van der Waals surface area contributed by atoms with Crippen LogP contribution in [0.15, 0.2) is 30.3 Å². The van der Waals surface area contributed by atoms with Crippen LogP contribution in [0.1, 0.15) is 5.56 Å². The molecule has 1 aliphatic rings. The van der Waals surface area contributed by atoms with Crippen LogP contribution in [0.2, 0.25) is 0 Å². The molecular weight excluding hydrogens is 268 g/mol. The number of fused-ring (bicyclic) bond motifs is 1. The van der Waals surface area contributed by atoms with E-state index in [4.69, 9.17) is 22.9 Å².